The second kappa shape index (κ2) is 9.13. The molecule has 2 N–H and O–H groups in total. The molecule has 154 valence electrons. The van der Waals surface area contributed by atoms with E-state index in [9.17, 15) is 9.59 Å². The van der Waals surface area contributed by atoms with Crippen LogP contribution < -0.4 is 10.6 Å². The van der Waals surface area contributed by atoms with E-state index in [0.29, 0.717) is 16.4 Å². The van der Waals surface area contributed by atoms with Crippen LogP contribution in [0.4, 0.5) is 5.69 Å². The van der Waals surface area contributed by atoms with Crippen LogP contribution in [0.5, 0.6) is 0 Å². The van der Waals surface area contributed by atoms with Gasteiger partial charge >= 0.3 is 0 Å². The van der Waals surface area contributed by atoms with Crippen LogP contribution in [-0.2, 0) is 24.7 Å². The normalized spacial score (nSPS) is 15.3. The number of aryl methyl sites for hydroxylation is 2. The smallest absolute Gasteiger partial charge is 0.251 e. The summed E-state index contributed by atoms with van der Waals surface area (Å²) in [6.07, 6.45) is 4.34. The summed E-state index contributed by atoms with van der Waals surface area (Å²) in [4.78, 5) is 25.0. The molecule has 0 saturated heterocycles. The lowest BCUT2D eigenvalue weighted by molar-refractivity contribution is -0.113. The summed E-state index contributed by atoms with van der Waals surface area (Å²) < 4.78 is 1.76. The van der Waals surface area contributed by atoms with Gasteiger partial charge in [-0.25, -0.2) is 0 Å². The number of fused-ring (bicyclic) bond motifs is 1. The van der Waals surface area contributed by atoms with E-state index < -0.39 is 0 Å². The van der Waals surface area contributed by atoms with E-state index in [1.807, 2.05) is 13.1 Å². The first-order valence-corrected chi connectivity index (χ1v) is 10.8. The third-order valence-corrected chi connectivity index (χ3v) is 6.13. The van der Waals surface area contributed by atoms with Crippen molar-refractivity contribution >= 4 is 29.3 Å². The number of nitrogens with one attached hydrogen (secondary N) is 2. The first-order chi connectivity index (χ1) is 14.6. The fraction of sp³-hybridized carbons (Fsp3) is 0.273. The fourth-order valence-corrected chi connectivity index (χ4v) is 4.25. The van der Waals surface area contributed by atoms with E-state index in [1.54, 1.807) is 35.2 Å². The molecule has 1 atom stereocenters. The number of rotatable bonds is 6. The lowest BCUT2D eigenvalue weighted by atomic mass is 9.88. The quantitative estimate of drug-likeness (QED) is 0.598. The molecular weight excluding hydrogens is 398 g/mol. The fourth-order valence-electron chi connectivity index (χ4n) is 3.56. The van der Waals surface area contributed by atoms with Crippen LogP contribution in [0.2, 0.25) is 0 Å². The number of carbonyl (C=O) groups is 2. The molecule has 0 radical (unpaired) electrons. The summed E-state index contributed by atoms with van der Waals surface area (Å²) in [5, 5.41) is 14.4. The number of anilines is 1. The molecule has 1 aliphatic rings. The zero-order valence-electron chi connectivity index (χ0n) is 16.7. The molecule has 2 aromatic carbocycles. The summed E-state index contributed by atoms with van der Waals surface area (Å²) in [5.41, 5.74) is 3.80. The Morgan fingerprint density at radius 1 is 1.17 bits per heavy atom. The van der Waals surface area contributed by atoms with Crippen molar-refractivity contribution in [3.8, 4) is 0 Å². The lowest BCUT2D eigenvalue weighted by Crippen LogP contribution is -2.38. The molecule has 1 unspecified atom stereocenters. The summed E-state index contributed by atoms with van der Waals surface area (Å²) in [5.74, 6) is -0.0712. The number of thioether (sulfide) groups is 1. The minimum Gasteiger partial charge on any atom is -0.349 e. The van der Waals surface area contributed by atoms with Crippen LogP contribution in [0.25, 0.3) is 0 Å². The van der Waals surface area contributed by atoms with E-state index in [-0.39, 0.29) is 23.6 Å². The molecule has 1 aromatic heterocycles. The molecule has 2 amide bonds. The Bertz CT molecular complexity index is 1060. The van der Waals surface area contributed by atoms with Gasteiger partial charge in [-0.05, 0) is 48.6 Å². The molecule has 0 saturated carbocycles. The van der Waals surface area contributed by atoms with Gasteiger partial charge in [-0.15, -0.1) is 10.2 Å². The first-order valence-electron chi connectivity index (χ1n) is 9.83. The summed E-state index contributed by atoms with van der Waals surface area (Å²) in [6, 6.07) is 15.5. The van der Waals surface area contributed by atoms with E-state index in [1.165, 1.54) is 22.9 Å². The van der Waals surface area contributed by atoms with Gasteiger partial charge in [-0.2, -0.15) is 0 Å². The third-order valence-electron chi connectivity index (χ3n) is 5.09. The van der Waals surface area contributed by atoms with E-state index in [2.05, 4.69) is 39.0 Å². The SMILES string of the molecule is Cn1cnnc1SCC(=O)Nc1cccc(C(=O)NC2CCc3ccccc3C2)c1. The zero-order valence-corrected chi connectivity index (χ0v) is 17.5. The Hall–Kier alpha value is -3.13. The predicted octanol–water partition coefficient (Wildman–Crippen LogP) is 2.83. The van der Waals surface area contributed by atoms with Gasteiger partial charge in [-0.1, -0.05) is 42.1 Å². The molecule has 0 bridgehead atoms. The minimum absolute atomic E-state index is 0.119. The van der Waals surface area contributed by atoms with Crippen molar-refractivity contribution in [2.75, 3.05) is 11.1 Å². The summed E-state index contributed by atoms with van der Waals surface area (Å²) in [6.45, 7) is 0. The number of hydrogen-bond donors (Lipinski definition) is 2. The summed E-state index contributed by atoms with van der Waals surface area (Å²) >= 11 is 1.31. The van der Waals surface area contributed by atoms with Crippen molar-refractivity contribution in [3.05, 3.63) is 71.5 Å². The van der Waals surface area contributed by atoms with Gasteiger partial charge in [0.05, 0.1) is 5.75 Å². The van der Waals surface area contributed by atoms with Gasteiger partial charge in [0, 0.05) is 24.3 Å². The van der Waals surface area contributed by atoms with E-state index in [4.69, 9.17) is 0 Å². The molecule has 4 rings (SSSR count). The third kappa shape index (κ3) is 4.88. The first kappa shape index (κ1) is 20.2. The highest BCUT2D eigenvalue weighted by Crippen LogP contribution is 2.22. The number of carbonyl (C=O) groups excluding carboxylic acids is 2. The lowest BCUT2D eigenvalue weighted by Gasteiger charge is -2.25. The second-order valence-corrected chi connectivity index (χ2v) is 8.27. The Morgan fingerprint density at radius 3 is 2.80 bits per heavy atom. The topological polar surface area (TPSA) is 88.9 Å². The molecule has 7 nitrogen and oxygen atoms in total. The predicted molar refractivity (Wildman–Crippen MR) is 117 cm³/mol. The standard InChI is InChI=1S/C22H23N5O2S/c1-27-14-23-26-22(27)30-13-20(28)24-18-8-4-7-17(12-18)21(29)25-19-10-9-15-5-2-3-6-16(15)11-19/h2-8,12,14,19H,9-11,13H2,1H3,(H,24,28)(H,25,29). The van der Waals surface area contributed by atoms with Crippen LogP contribution in [0, 0.1) is 0 Å². The van der Waals surface area contributed by atoms with Crippen LogP contribution >= 0.6 is 11.8 Å². The maximum Gasteiger partial charge on any atom is 0.251 e. The highest BCUT2D eigenvalue weighted by molar-refractivity contribution is 7.99. The average molecular weight is 422 g/mol. The van der Waals surface area contributed by atoms with Gasteiger partial charge in [0.25, 0.3) is 5.91 Å². The van der Waals surface area contributed by atoms with Crippen LogP contribution in [0.1, 0.15) is 27.9 Å². The van der Waals surface area contributed by atoms with Crippen LogP contribution in [0.3, 0.4) is 0 Å². The number of benzene rings is 2. The molecule has 30 heavy (non-hydrogen) atoms. The second-order valence-electron chi connectivity index (χ2n) is 7.32. The highest BCUT2D eigenvalue weighted by atomic mass is 32.2. The minimum atomic E-state index is -0.163. The van der Waals surface area contributed by atoms with E-state index >= 15 is 0 Å². The van der Waals surface area contributed by atoms with Gasteiger partial charge in [0.2, 0.25) is 5.91 Å². The molecule has 0 fully saturated rings. The van der Waals surface area contributed by atoms with Gasteiger partial charge in [-0.3, -0.25) is 9.59 Å². The van der Waals surface area contributed by atoms with Crippen molar-refractivity contribution in [2.24, 2.45) is 7.05 Å². The van der Waals surface area contributed by atoms with Crippen molar-refractivity contribution in [3.63, 3.8) is 0 Å². The number of amides is 2. The molecular formula is C22H23N5O2S. The summed E-state index contributed by atoms with van der Waals surface area (Å²) in [7, 11) is 1.83. The Labute approximate surface area is 179 Å². The Kier molecular flexibility index (Phi) is 6.13. The molecule has 0 spiro atoms. The largest absolute Gasteiger partial charge is 0.349 e. The van der Waals surface area contributed by atoms with Gasteiger partial charge < -0.3 is 15.2 Å². The molecule has 1 aliphatic carbocycles. The van der Waals surface area contributed by atoms with E-state index in [0.717, 1.165) is 19.3 Å². The van der Waals surface area contributed by atoms with Crippen molar-refractivity contribution < 1.29 is 9.59 Å². The molecule has 0 aliphatic heterocycles. The highest BCUT2D eigenvalue weighted by Gasteiger charge is 2.20. The van der Waals surface area contributed by atoms with Gasteiger partial charge in [0.1, 0.15) is 6.33 Å². The average Bonchev–Trinajstić information content (AvgIpc) is 3.17. The number of hydrogen-bond acceptors (Lipinski definition) is 5. The molecule has 3 aromatic rings. The zero-order chi connectivity index (χ0) is 20.9. The van der Waals surface area contributed by atoms with Gasteiger partial charge in [0.15, 0.2) is 5.16 Å². The maximum atomic E-state index is 12.7. The monoisotopic (exact) mass is 421 g/mol. The van der Waals surface area contributed by atoms with Crippen molar-refractivity contribution in [2.45, 2.75) is 30.5 Å². The number of nitrogens with zero attached hydrogens (tertiary/aromatic N) is 3. The molecule has 1 heterocycles. The maximum absolute atomic E-state index is 12.7. The van der Waals surface area contributed by atoms with Crippen LogP contribution in [0.15, 0.2) is 60.0 Å². The molecule has 8 heteroatoms. The van der Waals surface area contributed by atoms with Crippen LogP contribution in [-0.4, -0.2) is 38.4 Å². The number of aromatic nitrogens is 3. The Balaban J connectivity index is 1.33. The van der Waals surface area contributed by atoms with Crippen molar-refractivity contribution in [1.82, 2.24) is 20.1 Å². The van der Waals surface area contributed by atoms with Crippen molar-refractivity contribution in [1.29, 1.82) is 0 Å². The Morgan fingerprint density at radius 2 is 2.00 bits per heavy atom.